The molecule has 1 unspecified atom stereocenters. The summed E-state index contributed by atoms with van der Waals surface area (Å²) in [5.74, 6) is -0.944. The Hall–Kier alpha value is -1.35. The Morgan fingerprint density at radius 2 is 2.00 bits per heavy atom. The van der Waals surface area contributed by atoms with E-state index in [9.17, 15) is 4.79 Å². The second-order valence-corrected chi connectivity index (χ2v) is 3.05. The maximum Gasteiger partial charge on any atom is 0.143 e. The molecule has 1 rings (SSSR count). The number of hydrogen-bond donors (Lipinski definition) is 0. The maximum absolute atomic E-state index is 11.3. The molecular formula is C9H10N2O. The summed E-state index contributed by atoms with van der Waals surface area (Å²) in [6.07, 6.45) is 3.14. The molecule has 0 aromatic heterocycles. The molecule has 1 aliphatic carbocycles. The minimum atomic E-state index is -0.724. The van der Waals surface area contributed by atoms with Crippen LogP contribution in [0.15, 0.2) is 0 Å². The molecule has 0 radical (unpaired) electrons. The summed E-state index contributed by atoms with van der Waals surface area (Å²) >= 11 is 0. The van der Waals surface area contributed by atoms with Crippen LogP contribution in [0.3, 0.4) is 0 Å². The molecule has 0 aliphatic heterocycles. The monoisotopic (exact) mass is 162 g/mol. The third-order valence-corrected chi connectivity index (χ3v) is 2.28. The summed E-state index contributed by atoms with van der Waals surface area (Å²) in [6, 6.07) is 3.74. The Morgan fingerprint density at radius 3 is 2.50 bits per heavy atom. The van der Waals surface area contributed by atoms with Gasteiger partial charge in [-0.05, 0) is 12.8 Å². The van der Waals surface area contributed by atoms with Gasteiger partial charge in [-0.2, -0.15) is 10.5 Å². The van der Waals surface area contributed by atoms with Crippen molar-refractivity contribution in [3.63, 3.8) is 0 Å². The summed E-state index contributed by atoms with van der Waals surface area (Å²) in [5.41, 5.74) is 0. The second kappa shape index (κ2) is 3.88. The van der Waals surface area contributed by atoms with E-state index in [1.54, 1.807) is 0 Å². The number of nitriles is 2. The van der Waals surface area contributed by atoms with Gasteiger partial charge in [0.2, 0.25) is 0 Å². The molecule has 0 bridgehead atoms. The van der Waals surface area contributed by atoms with E-state index in [0.29, 0.717) is 12.8 Å². The van der Waals surface area contributed by atoms with Gasteiger partial charge < -0.3 is 0 Å². The lowest BCUT2D eigenvalue weighted by Gasteiger charge is -2.20. The van der Waals surface area contributed by atoms with Crippen molar-refractivity contribution in [1.29, 1.82) is 10.5 Å². The van der Waals surface area contributed by atoms with Crippen LogP contribution in [-0.2, 0) is 4.79 Å². The lowest BCUT2D eigenvalue weighted by Crippen LogP contribution is -2.25. The second-order valence-electron chi connectivity index (χ2n) is 3.05. The predicted octanol–water partition coefficient (Wildman–Crippen LogP) is 1.41. The molecule has 0 N–H and O–H groups in total. The zero-order valence-electron chi connectivity index (χ0n) is 6.79. The molecule has 1 atom stereocenters. The maximum atomic E-state index is 11.3. The van der Waals surface area contributed by atoms with Crippen LogP contribution in [0.1, 0.15) is 25.7 Å². The summed E-state index contributed by atoms with van der Waals surface area (Å²) in [7, 11) is 0. The highest BCUT2D eigenvalue weighted by molar-refractivity contribution is 5.82. The van der Waals surface area contributed by atoms with Crippen LogP contribution in [0.25, 0.3) is 0 Å². The van der Waals surface area contributed by atoms with Gasteiger partial charge in [0.25, 0.3) is 0 Å². The largest absolute Gasteiger partial charge is 0.299 e. The van der Waals surface area contributed by atoms with Crippen LogP contribution in [0, 0.1) is 34.5 Å². The highest BCUT2D eigenvalue weighted by atomic mass is 16.1. The molecule has 0 amide bonds. The average Bonchev–Trinajstić information content (AvgIpc) is 2.10. The first-order valence-corrected chi connectivity index (χ1v) is 4.11. The number of hydrogen-bond acceptors (Lipinski definition) is 3. The van der Waals surface area contributed by atoms with Crippen molar-refractivity contribution in [3.05, 3.63) is 0 Å². The van der Waals surface area contributed by atoms with Gasteiger partial charge in [-0.25, -0.2) is 0 Å². The van der Waals surface area contributed by atoms with Crippen LogP contribution >= 0.6 is 0 Å². The Balaban J connectivity index is 2.67. The molecule has 1 fully saturated rings. The Morgan fingerprint density at radius 1 is 1.33 bits per heavy atom. The molecule has 0 aromatic carbocycles. The smallest absolute Gasteiger partial charge is 0.143 e. The van der Waals surface area contributed by atoms with Gasteiger partial charge in [0, 0.05) is 12.3 Å². The number of Topliss-reactive ketones (excluding diaryl/α,β-unsaturated/α-hetero) is 1. The van der Waals surface area contributed by atoms with Crippen LogP contribution in [-0.4, -0.2) is 5.78 Å². The van der Waals surface area contributed by atoms with Gasteiger partial charge in [0.05, 0.1) is 12.1 Å². The van der Waals surface area contributed by atoms with Gasteiger partial charge in [0.1, 0.15) is 11.7 Å². The lowest BCUT2D eigenvalue weighted by atomic mass is 9.80. The predicted molar refractivity (Wildman–Crippen MR) is 41.7 cm³/mol. The molecule has 0 aromatic rings. The number of carbonyl (C=O) groups excluding carboxylic acids is 1. The number of rotatable bonds is 1. The van der Waals surface area contributed by atoms with Crippen molar-refractivity contribution in [2.24, 2.45) is 11.8 Å². The van der Waals surface area contributed by atoms with Crippen LogP contribution in [0.2, 0.25) is 0 Å². The van der Waals surface area contributed by atoms with Crippen molar-refractivity contribution in [2.75, 3.05) is 0 Å². The molecule has 1 saturated carbocycles. The van der Waals surface area contributed by atoms with E-state index in [1.165, 1.54) is 0 Å². The Kier molecular flexibility index (Phi) is 2.82. The number of carbonyl (C=O) groups is 1. The van der Waals surface area contributed by atoms with Gasteiger partial charge in [-0.1, -0.05) is 6.42 Å². The van der Waals surface area contributed by atoms with E-state index >= 15 is 0 Å². The number of ketones is 1. The van der Waals surface area contributed by atoms with Crippen molar-refractivity contribution in [2.45, 2.75) is 25.7 Å². The van der Waals surface area contributed by atoms with Crippen molar-refractivity contribution < 1.29 is 4.79 Å². The topological polar surface area (TPSA) is 64.7 Å². The summed E-state index contributed by atoms with van der Waals surface area (Å²) in [5, 5.41) is 17.1. The normalized spacial score (nSPS) is 23.2. The minimum absolute atomic E-state index is 0.0920. The summed E-state index contributed by atoms with van der Waals surface area (Å²) in [4.78, 5) is 11.3. The Labute approximate surface area is 71.6 Å². The first-order chi connectivity index (χ1) is 5.79. The zero-order chi connectivity index (χ0) is 8.97. The molecular weight excluding hydrogens is 152 g/mol. The van der Waals surface area contributed by atoms with E-state index in [0.717, 1.165) is 12.8 Å². The fraction of sp³-hybridized carbons (Fsp3) is 0.667. The van der Waals surface area contributed by atoms with Gasteiger partial charge >= 0.3 is 0 Å². The summed E-state index contributed by atoms with van der Waals surface area (Å²) < 4.78 is 0. The van der Waals surface area contributed by atoms with Gasteiger partial charge in [0.15, 0.2) is 0 Å². The van der Waals surface area contributed by atoms with Crippen LogP contribution in [0.5, 0.6) is 0 Å². The van der Waals surface area contributed by atoms with Gasteiger partial charge in [-0.3, -0.25) is 4.79 Å². The highest BCUT2D eigenvalue weighted by Crippen LogP contribution is 2.26. The van der Waals surface area contributed by atoms with Crippen LogP contribution in [0.4, 0.5) is 0 Å². The first-order valence-electron chi connectivity index (χ1n) is 4.11. The third kappa shape index (κ3) is 1.62. The third-order valence-electron chi connectivity index (χ3n) is 2.28. The van der Waals surface area contributed by atoms with Gasteiger partial charge in [-0.15, -0.1) is 0 Å². The molecule has 3 heteroatoms. The summed E-state index contributed by atoms with van der Waals surface area (Å²) in [6.45, 7) is 0. The van der Waals surface area contributed by atoms with E-state index < -0.39 is 5.92 Å². The average molecular weight is 162 g/mol. The van der Waals surface area contributed by atoms with Crippen molar-refractivity contribution in [1.82, 2.24) is 0 Å². The molecule has 0 heterocycles. The zero-order valence-corrected chi connectivity index (χ0v) is 6.79. The van der Waals surface area contributed by atoms with E-state index in [1.807, 2.05) is 12.1 Å². The fourth-order valence-corrected chi connectivity index (χ4v) is 1.57. The van der Waals surface area contributed by atoms with Crippen LogP contribution < -0.4 is 0 Å². The number of nitrogens with zero attached hydrogens (tertiary/aromatic N) is 2. The minimum Gasteiger partial charge on any atom is -0.299 e. The van der Waals surface area contributed by atoms with E-state index in [4.69, 9.17) is 10.5 Å². The molecule has 3 nitrogen and oxygen atoms in total. The quantitative estimate of drug-likeness (QED) is 0.585. The first kappa shape index (κ1) is 8.74. The molecule has 12 heavy (non-hydrogen) atoms. The standard InChI is InChI=1S/C9H10N2O/c10-5-7(6-11)8-3-1-2-4-9(8)12/h7-8H,1-4H2. The molecule has 1 aliphatic rings. The molecule has 0 saturated heterocycles. The van der Waals surface area contributed by atoms with Crippen molar-refractivity contribution >= 4 is 5.78 Å². The van der Waals surface area contributed by atoms with E-state index in [2.05, 4.69) is 0 Å². The van der Waals surface area contributed by atoms with E-state index in [-0.39, 0.29) is 11.7 Å². The molecule has 62 valence electrons. The van der Waals surface area contributed by atoms with Crippen molar-refractivity contribution in [3.8, 4) is 12.1 Å². The molecule has 0 spiro atoms. The SMILES string of the molecule is N#CC(C#N)C1CCCCC1=O. The Bertz CT molecular complexity index is 245. The lowest BCUT2D eigenvalue weighted by molar-refractivity contribution is -0.125. The highest BCUT2D eigenvalue weighted by Gasteiger charge is 2.29. The fourth-order valence-electron chi connectivity index (χ4n) is 1.57.